The summed E-state index contributed by atoms with van der Waals surface area (Å²) in [7, 11) is 1.90. The van der Waals surface area contributed by atoms with Gasteiger partial charge in [0.1, 0.15) is 6.33 Å². The molecule has 1 N–H and O–H groups in total. The van der Waals surface area contributed by atoms with Gasteiger partial charge in [0.15, 0.2) is 5.82 Å². The summed E-state index contributed by atoms with van der Waals surface area (Å²) in [6.07, 6.45) is 6.99. The molecule has 90 valence electrons. The normalized spacial score (nSPS) is 24.6. The zero-order chi connectivity index (χ0) is 11.6. The zero-order valence-corrected chi connectivity index (χ0v) is 10.5. The van der Waals surface area contributed by atoms with E-state index in [9.17, 15) is 0 Å². The van der Waals surface area contributed by atoms with Gasteiger partial charge < -0.3 is 5.32 Å². The van der Waals surface area contributed by atoms with Crippen molar-refractivity contribution in [2.45, 2.75) is 52.1 Å². The van der Waals surface area contributed by atoms with Crippen LogP contribution in [0.25, 0.3) is 0 Å². The van der Waals surface area contributed by atoms with E-state index in [1.54, 1.807) is 11.0 Å². The first-order valence-electron chi connectivity index (χ1n) is 6.13. The number of hydrogen-bond acceptors (Lipinski definition) is 3. The molecule has 1 unspecified atom stereocenters. The van der Waals surface area contributed by atoms with Crippen LogP contribution in [0.1, 0.15) is 45.4 Å². The molecule has 1 fully saturated rings. The first kappa shape index (κ1) is 11.6. The quantitative estimate of drug-likeness (QED) is 0.849. The van der Waals surface area contributed by atoms with Crippen molar-refractivity contribution in [1.82, 2.24) is 20.1 Å². The Morgan fingerprint density at radius 2 is 2.38 bits per heavy atom. The van der Waals surface area contributed by atoms with Crippen molar-refractivity contribution in [3.8, 4) is 0 Å². The van der Waals surface area contributed by atoms with Crippen LogP contribution in [0.5, 0.6) is 0 Å². The summed E-state index contributed by atoms with van der Waals surface area (Å²) in [6, 6.07) is 0.632. The highest BCUT2D eigenvalue weighted by Crippen LogP contribution is 2.35. The molecule has 0 aromatic carbocycles. The van der Waals surface area contributed by atoms with Crippen LogP contribution in [0.3, 0.4) is 0 Å². The third-order valence-corrected chi connectivity index (χ3v) is 3.40. The molecule has 1 aliphatic carbocycles. The average molecular weight is 222 g/mol. The van der Waals surface area contributed by atoms with E-state index in [4.69, 9.17) is 0 Å². The van der Waals surface area contributed by atoms with Gasteiger partial charge in [-0.15, -0.1) is 0 Å². The molecule has 4 heteroatoms. The number of aryl methyl sites for hydroxylation is 1. The fourth-order valence-corrected chi connectivity index (χ4v) is 2.57. The molecule has 1 saturated carbocycles. The predicted molar refractivity (Wildman–Crippen MR) is 63.9 cm³/mol. The molecular formula is C12H22N4. The van der Waals surface area contributed by atoms with E-state index < -0.39 is 0 Å². The van der Waals surface area contributed by atoms with Crippen LogP contribution in [-0.2, 0) is 13.6 Å². The maximum Gasteiger partial charge on any atom is 0.164 e. The van der Waals surface area contributed by atoms with Crippen molar-refractivity contribution >= 4 is 0 Å². The standard InChI is InChI=1S/C12H22N4/c1-12(2)6-4-5-10(7-12)13-8-11-14-9-16(3)15-11/h9-10,13H,4-8H2,1-3H3. The van der Waals surface area contributed by atoms with Crippen molar-refractivity contribution in [3.63, 3.8) is 0 Å². The van der Waals surface area contributed by atoms with E-state index in [1.165, 1.54) is 25.7 Å². The number of nitrogens with one attached hydrogen (secondary N) is 1. The summed E-state index contributed by atoms with van der Waals surface area (Å²) in [5.74, 6) is 0.894. The van der Waals surface area contributed by atoms with Gasteiger partial charge in [-0.05, 0) is 24.7 Å². The Balaban J connectivity index is 1.82. The Bertz CT molecular complexity index is 343. The fourth-order valence-electron chi connectivity index (χ4n) is 2.57. The second-order valence-electron chi connectivity index (χ2n) is 5.67. The molecule has 0 amide bonds. The van der Waals surface area contributed by atoms with E-state index >= 15 is 0 Å². The lowest BCUT2D eigenvalue weighted by atomic mass is 9.75. The number of rotatable bonds is 3. The van der Waals surface area contributed by atoms with Crippen LogP contribution in [-0.4, -0.2) is 20.8 Å². The Morgan fingerprint density at radius 1 is 1.56 bits per heavy atom. The zero-order valence-electron chi connectivity index (χ0n) is 10.5. The van der Waals surface area contributed by atoms with Gasteiger partial charge >= 0.3 is 0 Å². The molecule has 1 aromatic heterocycles. The fraction of sp³-hybridized carbons (Fsp3) is 0.833. The average Bonchev–Trinajstić information content (AvgIpc) is 2.60. The maximum absolute atomic E-state index is 4.27. The summed E-state index contributed by atoms with van der Waals surface area (Å²) in [5, 5.41) is 7.84. The first-order chi connectivity index (χ1) is 7.55. The number of nitrogens with zero attached hydrogens (tertiary/aromatic N) is 3. The summed E-state index contributed by atoms with van der Waals surface area (Å²) in [4.78, 5) is 4.23. The van der Waals surface area contributed by atoms with Crippen LogP contribution >= 0.6 is 0 Å². The highest BCUT2D eigenvalue weighted by atomic mass is 15.3. The van der Waals surface area contributed by atoms with Crippen LogP contribution < -0.4 is 5.32 Å². The van der Waals surface area contributed by atoms with E-state index in [-0.39, 0.29) is 0 Å². The second-order valence-corrected chi connectivity index (χ2v) is 5.67. The van der Waals surface area contributed by atoms with Crippen LogP contribution in [0, 0.1) is 5.41 Å². The van der Waals surface area contributed by atoms with Gasteiger partial charge in [-0.2, -0.15) is 5.10 Å². The Hall–Kier alpha value is -0.900. The van der Waals surface area contributed by atoms with E-state index in [0.717, 1.165) is 12.4 Å². The summed E-state index contributed by atoms with van der Waals surface area (Å²) < 4.78 is 1.75. The minimum atomic E-state index is 0.494. The molecule has 0 bridgehead atoms. The van der Waals surface area contributed by atoms with Crippen molar-refractivity contribution in [1.29, 1.82) is 0 Å². The summed E-state index contributed by atoms with van der Waals surface area (Å²) in [5.41, 5.74) is 0.494. The molecule has 0 spiro atoms. The second kappa shape index (κ2) is 4.53. The third kappa shape index (κ3) is 3.04. The molecule has 1 heterocycles. The minimum absolute atomic E-state index is 0.494. The van der Waals surface area contributed by atoms with Gasteiger partial charge in [-0.1, -0.05) is 20.3 Å². The van der Waals surface area contributed by atoms with Crippen LogP contribution in [0.2, 0.25) is 0 Å². The Kier molecular flexibility index (Phi) is 3.28. The Morgan fingerprint density at radius 3 is 3.00 bits per heavy atom. The molecule has 1 atom stereocenters. The van der Waals surface area contributed by atoms with Gasteiger partial charge in [0.2, 0.25) is 0 Å². The highest BCUT2D eigenvalue weighted by molar-refractivity contribution is 4.86. The van der Waals surface area contributed by atoms with Gasteiger partial charge in [-0.3, -0.25) is 4.68 Å². The van der Waals surface area contributed by atoms with Crippen molar-refractivity contribution in [2.75, 3.05) is 0 Å². The van der Waals surface area contributed by atoms with Crippen molar-refractivity contribution in [2.24, 2.45) is 12.5 Å². The maximum atomic E-state index is 4.27. The molecule has 0 aliphatic heterocycles. The van der Waals surface area contributed by atoms with Crippen LogP contribution in [0.15, 0.2) is 6.33 Å². The number of aromatic nitrogens is 3. The lowest BCUT2D eigenvalue weighted by molar-refractivity contribution is 0.197. The van der Waals surface area contributed by atoms with Crippen LogP contribution in [0.4, 0.5) is 0 Å². The van der Waals surface area contributed by atoms with E-state index in [0.29, 0.717) is 11.5 Å². The van der Waals surface area contributed by atoms with Crippen molar-refractivity contribution in [3.05, 3.63) is 12.2 Å². The molecule has 2 rings (SSSR count). The third-order valence-electron chi connectivity index (χ3n) is 3.40. The van der Waals surface area contributed by atoms with Gasteiger partial charge in [0.25, 0.3) is 0 Å². The summed E-state index contributed by atoms with van der Waals surface area (Å²) >= 11 is 0. The molecule has 0 radical (unpaired) electrons. The highest BCUT2D eigenvalue weighted by Gasteiger charge is 2.27. The van der Waals surface area contributed by atoms with Gasteiger partial charge in [-0.25, -0.2) is 4.98 Å². The molecule has 4 nitrogen and oxygen atoms in total. The van der Waals surface area contributed by atoms with Crippen molar-refractivity contribution < 1.29 is 0 Å². The molecule has 16 heavy (non-hydrogen) atoms. The molecule has 1 aliphatic rings. The molecular weight excluding hydrogens is 200 g/mol. The predicted octanol–water partition coefficient (Wildman–Crippen LogP) is 1.87. The lowest BCUT2D eigenvalue weighted by Gasteiger charge is -2.35. The SMILES string of the molecule is Cn1cnc(CNC2CCCC(C)(C)C2)n1. The lowest BCUT2D eigenvalue weighted by Crippen LogP contribution is -2.37. The smallest absolute Gasteiger partial charge is 0.164 e. The topological polar surface area (TPSA) is 42.7 Å². The van der Waals surface area contributed by atoms with Gasteiger partial charge in [0.05, 0.1) is 6.54 Å². The van der Waals surface area contributed by atoms with E-state index in [2.05, 4.69) is 29.2 Å². The Labute approximate surface area is 97.5 Å². The summed E-state index contributed by atoms with van der Waals surface area (Å²) in [6.45, 7) is 5.52. The molecule has 0 saturated heterocycles. The largest absolute Gasteiger partial charge is 0.307 e. The monoisotopic (exact) mass is 222 g/mol. The molecule has 1 aromatic rings. The minimum Gasteiger partial charge on any atom is -0.307 e. The first-order valence-corrected chi connectivity index (χ1v) is 6.13. The van der Waals surface area contributed by atoms with Gasteiger partial charge in [0, 0.05) is 13.1 Å². The number of hydrogen-bond donors (Lipinski definition) is 1. The van der Waals surface area contributed by atoms with E-state index in [1.807, 2.05) is 7.05 Å².